The maximum atomic E-state index is 12.5. The van der Waals surface area contributed by atoms with Crippen LogP contribution in [0, 0.1) is 0 Å². The van der Waals surface area contributed by atoms with Gasteiger partial charge in [-0.1, -0.05) is 339 Å². The minimum Gasteiger partial charge on any atom is -0.466 e. The van der Waals surface area contributed by atoms with Gasteiger partial charge in [0.2, 0.25) is 5.91 Å². The Morgan fingerprint density at radius 2 is 0.684 bits per heavy atom. The van der Waals surface area contributed by atoms with Gasteiger partial charge in [-0.3, -0.25) is 9.59 Å². The second-order valence-corrected chi connectivity index (χ2v) is 23.5. The summed E-state index contributed by atoms with van der Waals surface area (Å²) < 4.78 is 5.47. The molecule has 76 heavy (non-hydrogen) atoms. The number of hydrogen-bond donors (Lipinski definition) is 3. The molecule has 1 amide bonds. The Balaban J connectivity index is 3.42. The van der Waals surface area contributed by atoms with Crippen LogP contribution in [0.15, 0.2) is 36.5 Å². The van der Waals surface area contributed by atoms with Crippen LogP contribution in [-0.2, 0) is 14.3 Å². The van der Waals surface area contributed by atoms with E-state index in [0.29, 0.717) is 19.4 Å². The summed E-state index contributed by atoms with van der Waals surface area (Å²) in [6.07, 6.45) is 83.5. The number of rotatable bonds is 64. The summed E-state index contributed by atoms with van der Waals surface area (Å²) in [7, 11) is 0. The first kappa shape index (κ1) is 74.1. The SMILES string of the molecule is CCC/C=C\C/C=C\CCCCCCCC(=O)OCCCCCCCCCCCCCCCCCCCCCCCC(=O)NC(CO)C(O)/C=C/CCCCCCCCCCCCCCCCCCCCCCCCC. The van der Waals surface area contributed by atoms with E-state index in [-0.39, 0.29) is 18.5 Å². The number of allylic oxidation sites excluding steroid dienone is 5. The van der Waals surface area contributed by atoms with Crippen LogP contribution in [0.4, 0.5) is 0 Å². The van der Waals surface area contributed by atoms with Crippen LogP contribution in [0.25, 0.3) is 0 Å². The van der Waals surface area contributed by atoms with Gasteiger partial charge in [0.05, 0.1) is 25.4 Å². The minimum atomic E-state index is -0.847. The summed E-state index contributed by atoms with van der Waals surface area (Å²) >= 11 is 0. The largest absolute Gasteiger partial charge is 0.466 e. The molecule has 0 aromatic carbocycles. The Hall–Kier alpha value is -1.92. The van der Waals surface area contributed by atoms with Gasteiger partial charge in [0.1, 0.15) is 0 Å². The minimum absolute atomic E-state index is 0.00348. The number of esters is 1. The molecule has 0 rings (SSSR count). The smallest absolute Gasteiger partial charge is 0.305 e. The number of nitrogens with one attached hydrogen (secondary N) is 1. The second kappa shape index (κ2) is 65.6. The lowest BCUT2D eigenvalue weighted by molar-refractivity contribution is -0.143. The van der Waals surface area contributed by atoms with Crippen molar-refractivity contribution in [2.24, 2.45) is 0 Å². The van der Waals surface area contributed by atoms with E-state index in [4.69, 9.17) is 4.74 Å². The maximum Gasteiger partial charge on any atom is 0.305 e. The lowest BCUT2D eigenvalue weighted by atomic mass is 10.0. The van der Waals surface area contributed by atoms with E-state index in [9.17, 15) is 19.8 Å². The molecule has 2 unspecified atom stereocenters. The molecule has 0 bridgehead atoms. The zero-order chi connectivity index (χ0) is 55.0. The molecule has 0 aromatic heterocycles. The highest BCUT2D eigenvalue weighted by atomic mass is 16.5. The van der Waals surface area contributed by atoms with Crippen LogP contribution in [0.2, 0.25) is 0 Å². The number of hydrogen-bond acceptors (Lipinski definition) is 5. The number of aliphatic hydroxyl groups excluding tert-OH is 2. The summed E-state index contributed by atoms with van der Waals surface area (Å²) in [6.45, 7) is 4.86. The molecule has 0 aromatic rings. The third-order valence-corrected chi connectivity index (χ3v) is 15.9. The van der Waals surface area contributed by atoms with Crippen molar-refractivity contribution in [1.29, 1.82) is 0 Å². The first-order chi connectivity index (χ1) is 37.5. The fourth-order valence-corrected chi connectivity index (χ4v) is 10.7. The highest BCUT2D eigenvalue weighted by Gasteiger charge is 2.18. The standard InChI is InChI=1S/C70H133NO5/c1-3-5-7-9-11-13-15-17-18-19-20-21-22-23-24-26-29-32-35-39-42-46-50-54-58-62-68(73)67(66-72)71-69(74)63-59-55-51-47-43-40-36-33-30-27-25-28-31-34-37-41-45-49-53-57-61-65-76-70(75)64-60-56-52-48-44-38-16-14-12-10-8-6-4-2/h8,10,14,16,58,62,67-68,72-73H,3-7,9,11-13,15,17-57,59-61,63-66H2,1-2H3,(H,71,74)/b10-8-,16-14-,62-58+. The van der Waals surface area contributed by atoms with Crippen molar-refractivity contribution < 1.29 is 24.5 Å². The van der Waals surface area contributed by atoms with Crippen LogP contribution in [0.1, 0.15) is 373 Å². The van der Waals surface area contributed by atoms with Gasteiger partial charge in [0, 0.05) is 12.8 Å². The van der Waals surface area contributed by atoms with Gasteiger partial charge in [-0.05, 0) is 57.8 Å². The van der Waals surface area contributed by atoms with E-state index < -0.39 is 12.1 Å². The third-order valence-electron chi connectivity index (χ3n) is 15.9. The van der Waals surface area contributed by atoms with Gasteiger partial charge in [0.15, 0.2) is 0 Å². The highest BCUT2D eigenvalue weighted by Crippen LogP contribution is 2.19. The Labute approximate surface area is 474 Å². The molecular weight excluding hydrogens is 935 g/mol. The zero-order valence-electron chi connectivity index (χ0n) is 51.3. The quantitative estimate of drug-likeness (QED) is 0.0320. The summed E-state index contributed by atoms with van der Waals surface area (Å²) in [4.78, 5) is 24.6. The average Bonchev–Trinajstić information content (AvgIpc) is 3.42. The van der Waals surface area contributed by atoms with E-state index in [1.165, 1.54) is 295 Å². The molecule has 6 heteroatoms. The molecule has 0 spiro atoms. The molecule has 3 N–H and O–H groups in total. The number of carbonyl (C=O) groups is 2. The fourth-order valence-electron chi connectivity index (χ4n) is 10.7. The van der Waals surface area contributed by atoms with Crippen molar-refractivity contribution in [2.75, 3.05) is 13.2 Å². The lowest BCUT2D eigenvalue weighted by Crippen LogP contribution is -2.45. The Bertz CT molecular complexity index is 1230. The van der Waals surface area contributed by atoms with Crippen LogP contribution >= 0.6 is 0 Å². The van der Waals surface area contributed by atoms with Gasteiger partial charge < -0.3 is 20.3 Å². The molecule has 0 saturated heterocycles. The third kappa shape index (κ3) is 61.3. The zero-order valence-corrected chi connectivity index (χ0v) is 51.3. The lowest BCUT2D eigenvalue weighted by Gasteiger charge is -2.20. The van der Waals surface area contributed by atoms with Gasteiger partial charge in [-0.25, -0.2) is 0 Å². The van der Waals surface area contributed by atoms with Crippen LogP contribution in [-0.4, -0.2) is 47.4 Å². The molecule has 0 aliphatic rings. The number of carbonyl (C=O) groups excluding carboxylic acids is 2. The monoisotopic (exact) mass is 1070 g/mol. The molecular formula is C70H133NO5. The van der Waals surface area contributed by atoms with Crippen molar-refractivity contribution >= 4 is 11.9 Å². The van der Waals surface area contributed by atoms with Gasteiger partial charge >= 0.3 is 5.97 Å². The Kier molecular flexibility index (Phi) is 63.9. The average molecular weight is 1070 g/mol. The molecule has 0 radical (unpaired) electrons. The van der Waals surface area contributed by atoms with E-state index in [1.807, 2.05) is 6.08 Å². The summed E-state index contributed by atoms with van der Waals surface area (Å²) in [6, 6.07) is -0.631. The maximum absolute atomic E-state index is 12.5. The normalized spacial score (nSPS) is 12.7. The molecule has 0 aliphatic carbocycles. The summed E-state index contributed by atoms with van der Waals surface area (Å²) in [5.41, 5.74) is 0. The van der Waals surface area contributed by atoms with Crippen molar-refractivity contribution in [3.8, 4) is 0 Å². The summed E-state index contributed by atoms with van der Waals surface area (Å²) in [5, 5.41) is 23.3. The van der Waals surface area contributed by atoms with E-state index in [0.717, 1.165) is 51.4 Å². The predicted molar refractivity (Wildman–Crippen MR) is 333 cm³/mol. The van der Waals surface area contributed by atoms with Crippen molar-refractivity contribution in [1.82, 2.24) is 5.32 Å². The van der Waals surface area contributed by atoms with Crippen molar-refractivity contribution in [2.45, 2.75) is 386 Å². The Morgan fingerprint density at radius 3 is 1.05 bits per heavy atom. The van der Waals surface area contributed by atoms with E-state index in [1.54, 1.807) is 6.08 Å². The van der Waals surface area contributed by atoms with Gasteiger partial charge in [-0.2, -0.15) is 0 Å². The number of ether oxygens (including phenoxy) is 1. The van der Waals surface area contributed by atoms with Crippen molar-refractivity contribution in [3.63, 3.8) is 0 Å². The van der Waals surface area contributed by atoms with Gasteiger partial charge in [0.25, 0.3) is 0 Å². The second-order valence-electron chi connectivity index (χ2n) is 23.5. The van der Waals surface area contributed by atoms with Crippen LogP contribution < -0.4 is 5.32 Å². The highest BCUT2D eigenvalue weighted by molar-refractivity contribution is 5.76. The molecule has 448 valence electrons. The first-order valence-electron chi connectivity index (χ1n) is 34.3. The molecule has 0 saturated carbocycles. The van der Waals surface area contributed by atoms with E-state index in [2.05, 4.69) is 43.5 Å². The van der Waals surface area contributed by atoms with Gasteiger partial charge in [-0.15, -0.1) is 0 Å². The van der Waals surface area contributed by atoms with Crippen LogP contribution in [0.5, 0.6) is 0 Å². The Morgan fingerprint density at radius 1 is 0.368 bits per heavy atom. The van der Waals surface area contributed by atoms with E-state index >= 15 is 0 Å². The number of amides is 1. The van der Waals surface area contributed by atoms with Crippen molar-refractivity contribution in [3.05, 3.63) is 36.5 Å². The number of unbranched alkanes of at least 4 members (excludes halogenated alkanes) is 49. The molecule has 0 aliphatic heterocycles. The first-order valence-corrected chi connectivity index (χ1v) is 34.3. The topological polar surface area (TPSA) is 95.9 Å². The van der Waals surface area contributed by atoms with Crippen LogP contribution in [0.3, 0.4) is 0 Å². The number of aliphatic hydroxyl groups is 2. The summed E-state index contributed by atoms with van der Waals surface area (Å²) in [5.74, 6) is -0.0688. The molecule has 0 heterocycles. The molecule has 0 fully saturated rings. The fraction of sp³-hybridized carbons (Fsp3) is 0.886. The predicted octanol–water partition coefficient (Wildman–Crippen LogP) is 21.9. The molecule has 2 atom stereocenters. The molecule has 6 nitrogen and oxygen atoms in total.